The summed E-state index contributed by atoms with van der Waals surface area (Å²) in [6, 6.07) is 0. The van der Waals surface area contributed by atoms with Gasteiger partial charge >= 0.3 is 88.7 Å². The Kier molecular flexibility index (Phi) is 38.4. The molecule has 0 rings (SSSR count). The second kappa shape index (κ2) is 15.8. The molecule has 0 saturated heterocycles. The van der Waals surface area contributed by atoms with Crippen LogP contribution in [0.1, 0.15) is 0 Å². The minimum atomic E-state index is -5.14. The summed E-state index contributed by atoms with van der Waals surface area (Å²) < 4.78 is 8.66. The summed E-state index contributed by atoms with van der Waals surface area (Å²) in [7, 11) is -5.14. The van der Waals surface area contributed by atoms with Gasteiger partial charge in [-0.1, -0.05) is 0 Å². The van der Waals surface area contributed by atoms with E-state index in [0.717, 1.165) is 0 Å². The van der Waals surface area contributed by atoms with Crippen molar-refractivity contribution in [3.05, 3.63) is 15.3 Å². The summed E-state index contributed by atoms with van der Waals surface area (Å²) in [5, 5.41) is 14.8. The van der Waals surface area contributed by atoms with E-state index in [0.29, 0.717) is 0 Å². The fraction of sp³-hybridized carbons (Fsp3) is 0. The predicted molar refractivity (Wildman–Crippen MR) is 20.2 cm³/mol. The predicted octanol–water partition coefficient (Wildman–Crippen LogP) is -11.4. The van der Waals surface area contributed by atoms with Gasteiger partial charge in [-0.15, -0.1) is 0 Å². The van der Waals surface area contributed by atoms with Crippen LogP contribution in [-0.4, -0.2) is 9.98 Å². The maximum atomic E-state index is 8.66. The third-order valence-electron chi connectivity index (χ3n) is 0. The van der Waals surface area contributed by atoms with Gasteiger partial charge in [0.1, 0.15) is 0 Å². The summed E-state index contributed by atoms with van der Waals surface area (Å²) in [6.07, 6.45) is 0. The van der Waals surface area contributed by atoms with Gasteiger partial charge < -0.3 is 34.6 Å². The second-order valence-electron chi connectivity index (χ2n) is 0.692. The smallest absolute Gasteiger partial charge is 0.790 e. The number of nitrogens with zero attached hydrogens (tertiary/aromatic N) is 1. The topological polar surface area (TPSA) is 150 Å². The fourth-order valence-electron chi connectivity index (χ4n) is 0. The second-order valence-corrected chi connectivity index (χ2v) is 1.63. The summed E-state index contributed by atoms with van der Waals surface area (Å²) in [5.74, 6) is 0. The molecule has 56 valence electrons. The van der Waals surface area contributed by atoms with Crippen LogP contribution in [0, 0.1) is 15.3 Å². The molecule has 0 radical (unpaired) electrons. The van der Waals surface area contributed by atoms with Gasteiger partial charge in [0.15, 0.2) is 0 Å². The first-order valence-corrected chi connectivity index (χ1v) is 2.79. The molecule has 0 aromatic carbocycles. The van der Waals surface area contributed by atoms with Crippen LogP contribution >= 0.6 is 7.82 Å². The molecule has 0 unspecified atom stereocenters. The Morgan fingerprint density at radius 2 is 1.08 bits per heavy atom. The van der Waals surface area contributed by atoms with Crippen LogP contribution in [0.15, 0.2) is 0 Å². The monoisotopic (exact) mass is 227 g/mol. The van der Waals surface area contributed by atoms with Crippen molar-refractivity contribution in [3.8, 4) is 0 Å². The molecular formula is HNNa3O7P. The van der Waals surface area contributed by atoms with Crippen LogP contribution in [0.5, 0.6) is 0 Å². The molecule has 0 saturated carbocycles. The Hall–Kier alpha value is 2.31. The van der Waals surface area contributed by atoms with Crippen molar-refractivity contribution < 1.29 is 113 Å². The van der Waals surface area contributed by atoms with Gasteiger partial charge in [-0.05, 0) is 0 Å². The van der Waals surface area contributed by atoms with Gasteiger partial charge in [0, 0.05) is 0 Å². The van der Waals surface area contributed by atoms with E-state index in [1.165, 1.54) is 0 Å². The standard InChI is InChI=1S/NO3.3Na.H3O4P/c2-1(3)4;;;;1-5(2,3)4/h;;;;(H3,1,2,3,4)/q-1;3*+1;/p-2. The van der Waals surface area contributed by atoms with E-state index in [4.69, 9.17) is 34.6 Å². The van der Waals surface area contributed by atoms with Crippen molar-refractivity contribution in [1.82, 2.24) is 0 Å². The van der Waals surface area contributed by atoms with Gasteiger partial charge in [0.05, 0.1) is 12.9 Å². The third-order valence-corrected chi connectivity index (χ3v) is 0. The molecule has 8 nitrogen and oxygen atoms in total. The van der Waals surface area contributed by atoms with Crippen molar-refractivity contribution >= 4 is 7.82 Å². The van der Waals surface area contributed by atoms with Crippen LogP contribution < -0.4 is 98.5 Å². The van der Waals surface area contributed by atoms with Gasteiger partial charge in [0.2, 0.25) is 0 Å². The third kappa shape index (κ3) is 295. The van der Waals surface area contributed by atoms with Crippen molar-refractivity contribution in [1.29, 1.82) is 0 Å². The average Bonchev–Trinajstić information content (AvgIpc) is 1.19. The van der Waals surface area contributed by atoms with Crippen LogP contribution in [0.3, 0.4) is 0 Å². The summed E-state index contributed by atoms with van der Waals surface area (Å²) in [5.41, 5.74) is 0. The SMILES string of the molecule is O=P([O-])([O-])O.O=[N+]([O-])[O-].[Na+].[Na+].[Na+]. The number of phosphoric acid groups is 1. The van der Waals surface area contributed by atoms with Gasteiger partial charge in [0.25, 0.3) is 0 Å². The molecule has 0 amide bonds. The fourth-order valence-corrected chi connectivity index (χ4v) is 0. The van der Waals surface area contributed by atoms with Crippen LogP contribution in [0.4, 0.5) is 0 Å². The largest absolute Gasteiger partial charge is 1.00 e. The summed E-state index contributed by atoms with van der Waals surface area (Å²) >= 11 is 0. The van der Waals surface area contributed by atoms with E-state index in [1.807, 2.05) is 0 Å². The Labute approximate surface area is 134 Å². The molecule has 0 fully saturated rings. The quantitative estimate of drug-likeness (QED) is 0.187. The van der Waals surface area contributed by atoms with Crippen LogP contribution in [0.25, 0.3) is 0 Å². The van der Waals surface area contributed by atoms with Gasteiger partial charge in [-0.25, -0.2) is 0 Å². The number of rotatable bonds is 0. The molecular weight excluding hydrogens is 226 g/mol. The van der Waals surface area contributed by atoms with E-state index in [-0.39, 0.29) is 88.7 Å². The Morgan fingerprint density at radius 1 is 1.08 bits per heavy atom. The molecule has 0 atom stereocenters. The molecule has 0 heterocycles. The van der Waals surface area contributed by atoms with E-state index in [9.17, 15) is 0 Å². The minimum Gasteiger partial charge on any atom is -0.790 e. The van der Waals surface area contributed by atoms with E-state index < -0.39 is 12.9 Å². The number of hydrogen-bond donors (Lipinski definition) is 1. The van der Waals surface area contributed by atoms with Crippen molar-refractivity contribution in [3.63, 3.8) is 0 Å². The Balaban J connectivity index is -0.0000000221. The van der Waals surface area contributed by atoms with E-state index >= 15 is 0 Å². The molecule has 12 heteroatoms. The summed E-state index contributed by atoms with van der Waals surface area (Å²) in [6.45, 7) is 0. The molecule has 0 aliphatic heterocycles. The first-order chi connectivity index (χ1) is 3.73. The normalized spacial score (nSPS) is 6.92. The van der Waals surface area contributed by atoms with E-state index in [2.05, 4.69) is 0 Å². The van der Waals surface area contributed by atoms with E-state index in [1.54, 1.807) is 0 Å². The molecule has 0 bridgehead atoms. The average molecular weight is 227 g/mol. The maximum absolute atomic E-state index is 8.66. The Morgan fingerprint density at radius 3 is 1.08 bits per heavy atom. The maximum Gasteiger partial charge on any atom is 1.00 e. The summed E-state index contributed by atoms with van der Waals surface area (Å²) in [4.78, 5) is 32.5. The molecule has 12 heavy (non-hydrogen) atoms. The molecule has 0 aliphatic carbocycles. The molecule has 0 aliphatic rings. The Bertz CT molecular complexity index is 118. The minimum absolute atomic E-state index is 0. The van der Waals surface area contributed by atoms with Gasteiger partial charge in [-0.3, -0.25) is 0 Å². The first-order valence-electron chi connectivity index (χ1n) is 1.30. The molecule has 1 N–H and O–H groups in total. The first kappa shape index (κ1) is 29.2. The molecule has 0 aromatic heterocycles. The zero-order valence-electron chi connectivity index (χ0n) is 6.79. The molecule has 0 aromatic rings. The zero-order valence-corrected chi connectivity index (χ0v) is 13.7. The van der Waals surface area contributed by atoms with Gasteiger partial charge in [-0.2, -0.15) is 0 Å². The zero-order chi connectivity index (χ0) is 8.08. The van der Waals surface area contributed by atoms with Crippen molar-refractivity contribution in [2.75, 3.05) is 0 Å². The van der Waals surface area contributed by atoms with Crippen molar-refractivity contribution in [2.45, 2.75) is 0 Å². The van der Waals surface area contributed by atoms with Crippen molar-refractivity contribution in [2.24, 2.45) is 0 Å². The van der Waals surface area contributed by atoms with Crippen LogP contribution in [-0.2, 0) is 4.57 Å². The van der Waals surface area contributed by atoms with Crippen LogP contribution in [0.2, 0.25) is 0 Å². The molecule has 0 spiro atoms. The number of hydrogen-bond acceptors (Lipinski definition) is 6.